The number of nitrogens with one attached hydrogen (secondary N) is 1. The van der Waals surface area contributed by atoms with Gasteiger partial charge in [-0.3, -0.25) is 4.90 Å². The Balaban J connectivity index is 1.34. The smallest absolute Gasteiger partial charge is 0.392 e. The monoisotopic (exact) mass is 527 g/mol. The van der Waals surface area contributed by atoms with Gasteiger partial charge in [0, 0.05) is 60.9 Å². The standard InChI is InChI=1S/C24H29F4N5O2S/c25-18-2-1-14(9-16(18)24(26,27)28)31-22(35)33(8-7-32-6-4-15(34)13-32)19-3-5-23(10-17(19)23)20-12-30-21(11-29)36-20/h1-2,9,12,15,17,19,34H,3-8,10-11,13,29H2,(H,31,35)/t15-,17+,19+,23-/m0/s1. The van der Waals surface area contributed by atoms with Crippen LogP contribution in [-0.2, 0) is 18.1 Å². The second-order valence-corrected chi connectivity index (χ2v) is 11.1. The first-order valence-electron chi connectivity index (χ1n) is 12.1. The SMILES string of the molecule is NCc1ncc([C@]23CC[C@@H](N(CCN4CC[C@H](O)C4)C(=O)Nc4ccc(F)c(C(F)(F)F)c4)[C@H]2C3)s1. The van der Waals surface area contributed by atoms with Gasteiger partial charge in [0.15, 0.2) is 0 Å². The molecule has 1 aromatic heterocycles. The minimum absolute atomic E-state index is 0.0303. The molecule has 2 saturated carbocycles. The lowest BCUT2D eigenvalue weighted by atomic mass is 10.0. The number of nitrogens with zero attached hydrogens (tertiary/aromatic N) is 3. The van der Waals surface area contributed by atoms with Crippen LogP contribution in [0.2, 0.25) is 0 Å². The predicted molar refractivity (Wildman–Crippen MR) is 127 cm³/mol. The Labute approximate surface area is 210 Å². The van der Waals surface area contributed by atoms with E-state index < -0.39 is 29.7 Å². The van der Waals surface area contributed by atoms with E-state index in [1.807, 2.05) is 6.20 Å². The number of anilines is 1. The van der Waals surface area contributed by atoms with Crippen LogP contribution in [0.25, 0.3) is 0 Å². The van der Waals surface area contributed by atoms with Crippen molar-refractivity contribution in [3.8, 4) is 0 Å². The maximum Gasteiger partial charge on any atom is 0.419 e. The molecule has 2 heterocycles. The number of fused-ring (bicyclic) bond motifs is 1. The first-order chi connectivity index (χ1) is 17.1. The van der Waals surface area contributed by atoms with E-state index in [1.54, 1.807) is 16.2 Å². The number of urea groups is 1. The van der Waals surface area contributed by atoms with E-state index in [1.165, 1.54) is 4.88 Å². The summed E-state index contributed by atoms with van der Waals surface area (Å²) in [6.45, 7) is 2.56. The highest BCUT2D eigenvalue weighted by Crippen LogP contribution is 2.66. The average Bonchev–Trinajstić information content (AvgIpc) is 3.18. The number of nitrogens with two attached hydrogens (primary N) is 1. The van der Waals surface area contributed by atoms with Crippen LogP contribution in [0, 0.1) is 11.7 Å². The van der Waals surface area contributed by atoms with Crippen molar-refractivity contribution in [3.05, 3.63) is 45.7 Å². The van der Waals surface area contributed by atoms with Gasteiger partial charge in [-0.2, -0.15) is 13.2 Å². The zero-order valence-corrected chi connectivity index (χ0v) is 20.4. The molecular formula is C24H29F4N5O2S. The number of hydrogen-bond donors (Lipinski definition) is 3. The van der Waals surface area contributed by atoms with Gasteiger partial charge >= 0.3 is 12.2 Å². The first-order valence-corrected chi connectivity index (χ1v) is 12.9. The minimum Gasteiger partial charge on any atom is -0.392 e. The topological polar surface area (TPSA) is 94.7 Å². The fourth-order valence-corrected chi connectivity index (χ4v) is 6.93. The summed E-state index contributed by atoms with van der Waals surface area (Å²) in [6, 6.07) is 1.90. The third-order valence-corrected chi connectivity index (χ3v) is 9.03. The van der Waals surface area contributed by atoms with E-state index >= 15 is 0 Å². The maximum absolute atomic E-state index is 13.7. The fraction of sp³-hybridized carbons (Fsp3) is 0.583. The summed E-state index contributed by atoms with van der Waals surface area (Å²) in [5, 5.41) is 13.3. The van der Waals surface area contributed by atoms with E-state index in [2.05, 4.69) is 15.2 Å². The summed E-state index contributed by atoms with van der Waals surface area (Å²) in [6.07, 6.45) is -0.113. The summed E-state index contributed by atoms with van der Waals surface area (Å²) in [4.78, 5) is 22.8. The summed E-state index contributed by atoms with van der Waals surface area (Å²) >= 11 is 1.60. The largest absolute Gasteiger partial charge is 0.419 e. The summed E-state index contributed by atoms with van der Waals surface area (Å²) < 4.78 is 53.3. The van der Waals surface area contributed by atoms with E-state index in [9.17, 15) is 27.5 Å². The number of carbonyl (C=O) groups is 1. The lowest BCUT2D eigenvalue weighted by Gasteiger charge is -2.32. The van der Waals surface area contributed by atoms with Crippen LogP contribution in [0.4, 0.5) is 28.0 Å². The van der Waals surface area contributed by atoms with Crippen molar-refractivity contribution in [2.45, 2.75) is 56.0 Å². The van der Waals surface area contributed by atoms with Crippen molar-refractivity contribution in [3.63, 3.8) is 0 Å². The van der Waals surface area contributed by atoms with Crippen LogP contribution in [0.1, 0.15) is 41.1 Å². The summed E-state index contributed by atoms with van der Waals surface area (Å²) in [5.41, 5.74) is 4.18. The first kappa shape index (κ1) is 25.4. The van der Waals surface area contributed by atoms with Gasteiger partial charge in [-0.05, 0) is 49.8 Å². The number of aliphatic hydroxyl groups excluding tert-OH is 1. The number of thiazole rings is 1. The van der Waals surface area contributed by atoms with E-state index in [-0.39, 0.29) is 23.1 Å². The van der Waals surface area contributed by atoms with E-state index in [0.29, 0.717) is 44.7 Å². The number of rotatable bonds is 7. The van der Waals surface area contributed by atoms with Gasteiger partial charge in [-0.25, -0.2) is 14.2 Å². The van der Waals surface area contributed by atoms with Crippen molar-refractivity contribution < 1.29 is 27.5 Å². The highest BCUT2D eigenvalue weighted by molar-refractivity contribution is 7.11. The number of aliphatic hydroxyl groups is 1. The molecule has 0 spiro atoms. The number of aromatic nitrogens is 1. The summed E-state index contributed by atoms with van der Waals surface area (Å²) in [7, 11) is 0. The lowest BCUT2D eigenvalue weighted by molar-refractivity contribution is -0.139. The molecule has 2 aliphatic carbocycles. The van der Waals surface area contributed by atoms with Gasteiger partial charge in [0.1, 0.15) is 10.8 Å². The Hall–Kier alpha value is -2.28. The van der Waals surface area contributed by atoms with Crippen LogP contribution >= 0.6 is 11.3 Å². The number of benzene rings is 1. The normalized spacial score (nSPS) is 27.8. The molecule has 1 aliphatic heterocycles. The van der Waals surface area contributed by atoms with Crippen molar-refractivity contribution in [1.29, 1.82) is 0 Å². The fourth-order valence-electron chi connectivity index (χ4n) is 5.84. The molecule has 36 heavy (non-hydrogen) atoms. The van der Waals surface area contributed by atoms with Gasteiger partial charge in [0.2, 0.25) is 0 Å². The van der Waals surface area contributed by atoms with Gasteiger partial charge < -0.3 is 21.1 Å². The Morgan fingerprint density at radius 3 is 2.81 bits per heavy atom. The average molecular weight is 528 g/mol. The molecule has 5 rings (SSSR count). The molecule has 7 nitrogen and oxygen atoms in total. The molecule has 2 amide bonds. The van der Waals surface area contributed by atoms with Gasteiger partial charge in [-0.1, -0.05) is 0 Å². The van der Waals surface area contributed by atoms with Gasteiger partial charge in [-0.15, -0.1) is 11.3 Å². The minimum atomic E-state index is -4.86. The second-order valence-electron chi connectivity index (χ2n) is 9.95. The highest BCUT2D eigenvalue weighted by atomic mass is 32.1. The molecular weight excluding hydrogens is 498 g/mol. The number of carbonyl (C=O) groups excluding carboxylic acids is 1. The van der Waals surface area contributed by atoms with Crippen LogP contribution < -0.4 is 11.1 Å². The predicted octanol–water partition coefficient (Wildman–Crippen LogP) is 3.78. The molecule has 0 radical (unpaired) electrons. The third-order valence-electron chi connectivity index (χ3n) is 7.79. The highest BCUT2D eigenvalue weighted by Gasteiger charge is 2.65. The number of amides is 2. The molecule has 4 atom stereocenters. The molecule has 2 aromatic rings. The summed E-state index contributed by atoms with van der Waals surface area (Å²) in [5.74, 6) is -1.15. The van der Waals surface area contributed by atoms with Gasteiger partial charge in [0.05, 0.1) is 11.7 Å². The zero-order chi connectivity index (χ0) is 25.7. The quantitative estimate of drug-likeness (QED) is 0.477. The van der Waals surface area contributed by atoms with Gasteiger partial charge in [0.25, 0.3) is 0 Å². The van der Waals surface area contributed by atoms with Crippen LogP contribution in [0.15, 0.2) is 24.4 Å². The Bertz CT molecular complexity index is 1130. The molecule has 0 unspecified atom stereocenters. The molecule has 1 aromatic carbocycles. The molecule has 0 bridgehead atoms. The maximum atomic E-state index is 13.7. The van der Waals surface area contributed by atoms with Crippen molar-refractivity contribution in [2.75, 3.05) is 31.5 Å². The Kier molecular flexibility index (Phi) is 6.73. The van der Waals surface area contributed by atoms with E-state index in [4.69, 9.17) is 5.73 Å². The van der Waals surface area contributed by atoms with Crippen molar-refractivity contribution in [1.82, 2.24) is 14.8 Å². The molecule has 196 valence electrons. The molecule has 3 aliphatic rings. The number of hydrogen-bond acceptors (Lipinski definition) is 6. The lowest BCUT2D eigenvalue weighted by Crippen LogP contribution is -2.47. The van der Waals surface area contributed by atoms with E-state index in [0.717, 1.165) is 36.9 Å². The Morgan fingerprint density at radius 2 is 2.17 bits per heavy atom. The molecule has 12 heteroatoms. The Morgan fingerprint density at radius 1 is 1.36 bits per heavy atom. The zero-order valence-electron chi connectivity index (χ0n) is 19.6. The number of β-amino-alcohol motifs (C(OH)–C–C–N with tert-alkyl or cyclic N) is 1. The number of alkyl halides is 3. The number of halogens is 4. The molecule has 1 saturated heterocycles. The molecule has 3 fully saturated rings. The van der Waals surface area contributed by atoms with Crippen molar-refractivity contribution >= 4 is 23.1 Å². The molecule has 4 N–H and O–H groups in total. The third kappa shape index (κ3) is 4.83. The van der Waals surface area contributed by atoms with Crippen LogP contribution in [-0.4, -0.2) is 64.2 Å². The second kappa shape index (κ2) is 9.55. The van der Waals surface area contributed by atoms with Crippen LogP contribution in [0.3, 0.4) is 0 Å². The number of likely N-dealkylation sites (tertiary alicyclic amines) is 1. The van der Waals surface area contributed by atoms with Crippen LogP contribution in [0.5, 0.6) is 0 Å². The van der Waals surface area contributed by atoms with Crippen molar-refractivity contribution in [2.24, 2.45) is 11.7 Å².